The van der Waals surface area contributed by atoms with Crippen LogP contribution in [0.3, 0.4) is 0 Å². The van der Waals surface area contributed by atoms with Gasteiger partial charge in [-0.15, -0.1) is 0 Å². The third-order valence-electron chi connectivity index (χ3n) is 5.38. The molecule has 2 N–H and O–H groups in total. The molecular weight excluding hydrogens is 308 g/mol. The highest BCUT2D eigenvalue weighted by atomic mass is 16.4. The maximum absolute atomic E-state index is 12.9. The molecule has 1 amide bonds. The molecule has 1 fully saturated rings. The minimum absolute atomic E-state index is 0.147. The van der Waals surface area contributed by atoms with Gasteiger partial charge >= 0.3 is 5.97 Å². The Morgan fingerprint density at radius 1 is 1.21 bits per heavy atom. The molecule has 24 heavy (non-hydrogen) atoms. The van der Waals surface area contributed by atoms with Gasteiger partial charge in [-0.25, -0.2) is 0 Å². The zero-order valence-electron chi connectivity index (χ0n) is 14.0. The topological polar surface area (TPSA) is 90.5 Å². The van der Waals surface area contributed by atoms with Crippen LogP contribution in [-0.2, 0) is 17.6 Å². The van der Waals surface area contributed by atoms with E-state index < -0.39 is 17.9 Å². The number of H-pyrrole nitrogens is 1. The quantitative estimate of drug-likeness (QED) is 0.810. The highest BCUT2D eigenvalue weighted by molar-refractivity contribution is 5.94. The number of aromatic amines is 1. The minimum atomic E-state index is -0.879. The largest absolute Gasteiger partial charge is 0.481 e. The van der Waals surface area contributed by atoms with Crippen LogP contribution in [0.15, 0.2) is 10.9 Å². The average molecular weight is 332 g/mol. The molecule has 2 aliphatic rings. The summed E-state index contributed by atoms with van der Waals surface area (Å²) in [5, 5.41) is 9.32. The maximum Gasteiger partial charge on any atom is 0.308 e. The van der Waals surface area contributed by atoms with Gasteiger partial charge in [-0.05, 0) is 57.1 Å². The predicted octanol–water partition coefficient (Wildman–Crippen LogP) is 1.97. The summed E-state index contributed by atoms with van der Waals surface area (Å²) < 4.78 is 0. The number of carbonyl (C=O) groups is 2. The normalized spacial score (nSPS) is 24.1. The fraction of sp³-hybridized carbons (Fsp3) is 0.611. The van der Waals surface area contributed by atoms with Crippen LogP contribution in [0.5, 0.6) is 0 Å². The minimum Gasteiger partial charge on any atom is -0.481 e. The summed E-state index contributed by atoms with van der Waals surface area (Å²) >= 11 is 0. The number of rotatable bonds is 2. The van der Waals surface area contributed by atoms with Gasteiger partial charge in [0.1, 0.15) is 5.56 Å². The summed E-state index contributed by atoms with van der Waals surface area (Å²) in [4.78, 5) is 41.1. The summed E-state index contributed by atoms with van der Waals surface area (Å²) in [7, 11) is 0. The van der Waals surface area contributed by atoms with Crippen LogP contribution in [0.4, 0.5) is 0 Å². The third kappa shape index (κ3) is 3.09. The lowest BCUT2D eigenvalue weighted by atomic mass is 9.89. The Hall–Kier alpha value is -2.11. The molecule has 0 radical (unpaired) electrons. The van der Waals surface area contributed by atoms with E-state index in [0.717, 1.165) is 43.4 Å². The second kappa shape index (κ2) is 6.79. The number of fused-ring (bicyclic) bond motifs is 1. The lowest BCUT2D eigenvalue weighted by Gasteiger charge is -2.37. The Kier molecular flexibility index (Phi) is 4.73. The molecule has 0 bridgehead atoms. The lowest BCUT2D eigenvalue weighted by Crippen LogP contribution is -2.50. The van der Waals surface area contributed by atoms with Crippen LogP contribution >= 0.6 is 0 Å². The first-order chi connectivity index (χ1) is 11.5. The van der Waals surface area contributed by atoms with Gasteiger partial charge in [-0.1, -0.05) is 6.42 Å². The molecule has 0 unspecified atom stereocenters. The van der Waals surface area contributed by atoms with Crippen LogP contribution in [0.1, 0.15) is 60.6 Å². The van der Waals surface area contributed by atoms with E-state index in [9.17, 15) is 19.5 Å². The van der Waals surface area contributed by atoms with Crippen LogP contribution < -0.4 is 5.56 Å². The zero-order chi connectivity index (χ0) is 17.3. The number of hydrogen-bond donors (Lipinski definition) is 2. The van der Waals surface area contributed by atoms with E-state index in [1.165, 1.54) is 0 Å². The highest BCUT2D eigenvalue weighted by Gasteiger charge is 2.36. The van der Waals surface area contributed by atoms with Crippen molar-refractivity contribution in [3.05, 3.63) is 33.2 Å². The Balaban J connectivity index is 1.91. The van der Waals surface area contributed by atoms with E-state index in [2.05, 4.69) is 4.98 Å². The summed E-state index contributed by atoms with van der Waals surface area (Å²) in [5.74, 6) is -1.79. The van der Waals surface area contributed by atoms with E-state index in [1.54, 1.807) is 17.9 Å². The van der Waals surface area contributed by atoms with Crippen molar-refractivity contribution in [2.45, 2.75) is 57.9 Å². The van der Waals surface area contributed by atoms with E-state index in [-0.39, 0.29) is 17.0 Å². The van der Waals surface area contributed by atoms with Gasteiger partial charge in [0.25, 0.3) is 11.5 Å². The number of nitrogens with one attached hydrogen (secondary N) is 1. The Morgan fingerprint density at radius 2 is 1.96 bits per heavy atom. The fourth-order valence-electron chi connectivity index (χ4n) is 3.93. The van der Waals surface area contributed by atoms with Crippen molar-refractivity contribution in [1.82, 2.24) is 9.88 Å². The number of pyridine rings is 1. The van der Waals surface area contributed by atoms with Gasteiger partial charge in [0, 0.05) is 18.3 Å². The predicted molar refractivity (Wildman–Crippen MR) is 89.2 cm³/mol. The maximum atomic E-state index is 12.9. The van der Waals surface area contributed by atoms with E-state index >= 15 is 0 Å². The number of likely N-dealkylation sites (tertiary alicyclic amines) is 1. The molecule has 130 valence electrons. The lowest BCUT2D eigenvalue weighted by molar-refractivity contribution is -0.144. The van der Waals surface area contributed by atoms with Crippen molar-refractivity contribution in [1.29, 1.82) is 0 Å². The molecule has 1 aromatic heterocycles. The first kappa shape index (κ1) is 16.7. The van der Waals surface area contributed by atoms with E-state index in [4.69, 9.17) is 0 Å². The van der Waals surface area contributed by atoms with Crippen molar-refractivity contribution >= 4 is 11.9 Å². The third-order valence-corrected chi connectivity index (χ3v) is 5.38. The second-order valence-electron chi connectivity index (χ2n) is 6.90. The molecule has 6 nitrogen and oxygen atoms in total. The molecule has 0 saturated carbocycles. The van der Waals surface area contributed by atoms with Gasteiger partial charge < -0.3 is 15.0 Å². The highest BCUT2D eigenvalue weighted by Crippen LogP contribution is 2.25. The number of amides is 1. The Labute approximate surface area is 140 Å². The summed E-state index contributed by atoms with van der Waals surface area (Å²) in [6.45, 7) is 2.26. The van der Waals surface area contributed by atoms with Gasteiger partial charge in [0.05, 0.1) is 5.92 Å². The van der Waals surface area contributed by atoms with Crippen molar-refractivity contribution in [2.24, 2.45) is 5.92 Å². The summed E-state index contributed by atoms with van der Waals surface area (Å²) in [6, 6.07) is 1.33. The van der Waals surface area contributed by atoms with Crippen LogP contribution in [0.25, 0.3) is 0 Å². The molecule has 2 atom stereocenters. The number of aromatic nitrogens is 1. The van der Waals surface area contributed by atoms with Crippen LogP contribution in [0, 0.1) is 5.92 Å². The fourth-order valence-corrected chi connectivity index (χ4v) is 3.93. The molecule has 3 rings (SSSR count). The number of piperidine rings is 1. The Bertz CT molecular complexity index is 709. The summed E-state index contributed by atoms with van der Waals surface area (Å²) in [5.41, 5.74) is 1.79. The van der Waals surface area contributed by atoms with Crippen molar-refractivity contribution in [2.75, 3.05) is 6.54 Å². The smallest absolute Gasteiger partial charge is 0.308 e. The standard InChI is InChI=1S/C18H24N2O4/c1-11-13(18(23)24)7-5-9-20(11)17(22)14-10-12-6-3-2-4-8-15(12)19-16(14)21/h10-11,13H,2-9H2,1H3,(H,19,21)(H,23,24)/t11-,13-/m1/s1. The number of aryl methyl sites for hydroxylation is 2. The molecule has 1 saturated heterocycles. The second-order valence-corrected chi connectivity index (χ2v) is 6.90. The molecule has 1 aromatic rings. The summed E-state index contributed by atoms with van der Waals surface area (Å²) in [6.07, 6.45) is 6.19. The molecule has 0 spiro atoms. The number of carboxylic acids is 1. The number of aliphatic carboxylic acids is 1. The van der Waals surface area contributed by atoms with E-state index in [1.807, 2.05) is 0 Å². The first-order valence-corrected chi connectivity index (χ1v) is 8.78. The molecule has 6 heteroatoms. The SMILES string of the molecule is C[C@@H]1[C@H](C(=O)O)CCCN1C(=O)c1cc2c([nH]c1=O)CCCCC2. The van der Waals surface area contributed by atoms with Gasteiger partial charge in [0.2, 0.25) is 0 Å². The molecule has 1 aliphatic heterocycles. The number of nitrogens with zero attached hydrogens (tertiary/aromatic N) is 1. The van der Waals surface area contributed by atoms with E-state index in [0.29, 0.717) is 19.4 Å². The number of carbonyl (C=O) groups excluding carboxylic acids is 1. The molecule has 1 aliphatic carbocycles. The molecular formula is C18H24N2O4. The van der Waals surface area contributed by atoms with Crippen LogP contribution in [-0.4, -0.2) is 39.5 Å². The number of hydrogen-bond acceptors (Lipinski definition) is 3. The van der Waals surface area contributed by atoms with Crippen LogP contribution in [0.2, 0.25) is 0 Å². The zero-order valence-corrected chi connectivity index (χ0v) is 14.0. The number of carboxylic acid groups (broad SMARTS) is 1. The molecule has 0 aromatic carbocycles. The Morgan fingerprint density at radius 3 is 2.71 bits per heavy atom. The van der Waals surface area contributed by atoms with Gasteiger partial charge in [-0.2, -0.15) is 0 Å². The first-order valence-electron chi connectivity index (χ1n) is 8.78. The van der Waals surface area contributed by atoms with Gasteiger partial charge in [0.15, 0.2) is 0 Å². The van der Waals surface area contributed by atoms with Crippen molar-refractivity contribution in [3.63, 3.8) is 0 Å². The molecule has 2 heterocycles. The van der Waals surface area contributed by atoms with Crippen molar-refractivity contribution < 1.29 is 14.7 Å². The monoisotopic (exact) mass is 332 g/mol. The van der Waals surface area contributed by atoms with Crippen molar-refractivity contribution in [3.8, 4) is 0 Å². The average Bonchev–Trinajstić information content (AvgIpc) is 2.78. The van der Waals surface area contributed by atoms with Gasteiger partial charge in [-0.3, -0.25) is 14.4 Å².